The normalized spacial score (nSPS) is 16.7. The highest BCUT2D eigenvalue weighted by Gasteiger charge is 2.14. The lowest BCUT2D eigenvalue weighted by Crippen LogP contribution is -2.29. The maximum atomic E-state index is 4.48. The van der Waals surface area contributed by atoms with Crippen LogP contribution in [0, 0.1) is 6.92 Å². The van der Waals surface area contributed by atoms with Crippen LogP contribution >= 0.6 is 0 Å². The van der Waals surface area contributed by atoms with E-state index < -0.39 is 0 Å². The summed E-state index contributed by atoms with van der Waals surface area (Å²) in [5, 5.41) is 4.48. The van der Waals surface area contributed by atoms with E-state index in [-0.39, 0.29) is 0 Å². The van der Waals surface area contributed by atoms with Gasteiger partial charge >= 0.3 is 0 Å². The first kappa shape index (κ1) is 16.9. The fraction of sp³-hybridized carbons (Fsp3) is 0.389. The molecule has 0 aromatic carbocycles. The lowest BCUT2D eigenvalue weighted by Gasteiger charge is -2.28. The molecule has 1 aromatic heterocycles. The Morgan fingerprint density at radius 2 is 2.13 bits per heavy atom. The number of hydrogen-bond acceptors (Lipinski definition) is 5. The van der Waals surface area contributed by atoms with Gasteiger partial charge in [0.2, 0.25) is 0 Å². The monoisotopic (exact) mass is 311 g/mol. The number of pyridine rings is 1. The molecule has 1 saturated heterocycles. The maximum Gasteiger partial charge on any atom is 0.129 e. The van der Waals surface area contributed by atoms with Crippen LogP contribution in [0.2, 0.25) is 0 Å². The van der Waals surface area contributed by atoms with Crippen molar-refractivity contribution in [2.24, 2.45) is 10.1 Å². The van der Waals surface area contributed by atoms with E-state index in [1.165, 1.54) is 19.3 Å². The Morgan fingerprint density at radius 1 is 1.35 bits per heavy atom. The molecule has 5 nitrogen and oxygen atoms in total. The third-order valence-corrected chi connectivity index (χ3v) is 3.82. The van der Waals surface area contributed by atoms with Crippen molar-refractivity contribution in [3.05, 3.63) is 53.8 Å². The fourth-order valence-corrected chi connectivity index (χ4v) is 2.59. The zero-order valence-corrected chi connectivity index (χ0v) is 14.0. The molecule has 2 heterocycles. The van der Waals surface area contributed by atoms with Crippen molar-refractivity contribution in [1.82, 2.24) is 15.3 Å². The molecule has 1 aromatic rings. The van der Waals surface area contributed by atoms with Gasteiger partial charge in [-0.2, -0.15) is 5.10 Å². The number of likely N-dealkylation sites (tertiary alicyclic amines) is 1. The van der Waals surface area contributed by atoms with Gasteiger partial charge in [-0.3, -0.25) is 10.4 Å². The molecule has 0 unspecified atom stereocenters. The number of aliphatic imine (C=N–C) groups is 1. The van der Waals surface area contributed by atoms with Crippen LogP contribution in [0.5, 0.6) is 0 Å². The minimum atomic E-state index is 0.807. The van der Waals surface area contributed by atoms with Gasteiger partial charge in [-0.05, 0) is 52.0 Å². The maximum absolute atomic E-state index is 4.48. The van der Waals surface area contributed by atoms with E-state index >= 15 is 0 Å². The molecule has 0 saturated carbocycles. The van der Waals surface area contributed by atoms with Crippen molar-refractivity contribution < 1.29 is 0 Å². The lowest BCUT2D eigenvalue weighted by atomic mass is 10.1. The van der Waals surface area contributed by atoms with E-state index in [0.717, 1.165) is 35.9 Å². The van der Waals surface area contributed by atoms with E-state index in [9.17, 15) is 0 Å². The Bertz CT molecular complexity index is 610. The molecule has 1 aliphatic rings. The molecule has 0 bridgehead atoms. The Hall–Kier alpha value is -2.43. The molecule has 1 N–H and O–H groups in total. The molecule has 2 rings (SSSR count). The fourth-order valence-electron chi connectivity index (χ4n) is 2.59. The second-order valence-electron chi connectivity index (χ2n) is 5.47. The highest BCUT2D eigenvalue weighted by Crippen LogP contribution is 2.17. The van der Waals surface area contributed by atoms with Gasteiger partial charge in [0.15, 0.2) is 0 Å². The number of hydrogen-bond donors (Lipinski definition) is 1. The van der Waals surface area contributed by atoms with Crippen LogP contribution in [0.1, 0.15) is 37.4 Å². The Kier molecular flexibility index (Phi) is 6.54. The van der Waals surface area contributed by atoms with Crippen molar-refractivity contribution in [2.75, 3.05) is 13.1 Å². The number of allylic oxidation sites excluding steroid dienone is 2. The van der Waals surface area contributed by atoms with Crippen LogP contribution in [0.15, 0.2) is 52.6 Å². The summed E-state index contributed by atoms with van der Waals surface area (Å²) >= 11 is 0. The quantitative estimate of drug-likeness (QED) is 0.648. The molecular formula is C18H25N5. The number of nitrogens with zero attached hydrogens (tertiary/aromatic N) is 4. The highest BCUT2D eigenvalue weighted by molar-refractivity contribution is 6.09. The smallest absolute Gasteiger partial charge is 0.129 e. The molecule has 0 atom stereocenters. The standard InChI is InChI=1S/C18H25N5/c1-4-10-21-22-17(16-9-8-11-20-15(16)2)14-18(19-3)23-12-6-5-7-13-23/h4,8-11,14,21H,3,5-7,12-13H2,1-2H3/b10-4-,18-14-,22-17+. The number of piperidine rings is 1. The number of rotatable bonds is 6. The molecule has 5 heteroatoms. The number of hydrazone groups is 1. The van der Waals surface area contributed by atoms with E-state index in [0.29, 0.717) is 0 Å². The third-order valence-electron chi connectivity index (χ3n) is 3.82. The molecule has 1 aliphatic heterocycles. The van der Waals surface area contributed by atoms with Crippen LogP contribution < -0.4 is 5.43 Å². The van der Waals surface area contributed by atoms with Gasteiger partial charge in [0.1, 0.15) is 5.82 Å². The number of aromatic nitrogens is 1. The first-order chi connectivity index (χ1) is 11.3. The van der Waals surface area contributed by atoms with Crippen LogP contribution in [-0.4, -0.2) is 35.4 Å². The summed E-state index contributed by atoms with van der Waals surface area (Å²) in [5.74, 6) is 0.869. The van der Waals surface area contributed by atoms with Crippen LogP contribution in [0.4, 0.5) is 0 Å². The van der Waals surface area contributed by atoms with Gasteiger partial charge in [-0.15, -0.1) is 0 Å². The largest absolute Gasteiger partial charge is 0.357 e. The summed E-state index contributed by atoms with van der Waals surface area (Å²) in [5.41, 5.74) is 5.68. The summed E-state index contributed by atoms with van der Waals surface area (Å²) in [6, 6.07) is 3.94. The van der Waals surface area contributed by atoms with Crippen molar-refractivity contribution in [1.29, 1.82) is 0 Å². The molecule has 23 heavy (non-hydrogen) atoms. The zero-order chi connectivity index (χ0) is 16.5. The zero-order valence-electron chi connectivity index (χ0n) is 14.0. The predicted molar refractivity (Wildman–Crippen MR) is 96.5 cm³/mol. The Labute approximate surface area is 138 Å². The minimum Gasteiger partial charge on any atom is -0.357 e. The van der Waals surface area contributed by atoms with E-state index in [1.807, 2.05) is 38.1 Å². The van der Waals surface area contributed by atoms with Crippen LogP contribution in [-0.2, 0) is 0 Å². The molecule has 1 fully saturated rings. The summed E-state index contributed by atoms with van der Waals surface area (Å²) in [6.07, 6.45) is 11.1. The average molecular weight is 311 g/mol. The van der Waals surface area contributed by atoms with Gasteiger partial charge in [0, 0.05) is 42.8 Å². The number of nitrogens with one attached hydrogen (secondary N) is 1. The van der Waals surface area contributed by atoms with E-state index in [1.54, 1.807) is 12.4 Å². The summed E-state index contributed by atoms with van der Waals surface area (Å²) in [7, 11) is 0. The van der Waals surface area contributed by atoms with Crippen molar-refractivity contribution in [3.63, 3.8) is 0 Å². The van der Waals surface area contributed by atoms with Gasteiger partial charge < -0.3 is 4.90 Å². The van der Waals surface area contributed by atoms with Gasteiger partial charge in [-0.1, -0.05) is 6.08 Å². The highest BCUT2D eigenvalue weighted by atomic mass is 15.3. The summed E-state index contributed by atoms with van der Waals surface area (Å²) in [4.78, 5) is 10.9. The van der Waals surface area contributed by atoms with Crippen molar-refractivity contribution >= 4 is 12.4 Å². The van der Waals surface area contributed by atoms with Gasteiger partial charge in [0.05, 0.1) is 5.71 Å². The predicted octanol–water partition coefficient (Wildman–Crippen LogP) is 3.25. The Morgan fingerprint density at radius 3 is 2.78 bits per heavy atom. The van der Waals surface area contributed by atoms with E-state index in [4.69, 9.17) is 0 Å². The van der Waals surface area contributed by atoms with E-state index in [2.05, 4.69) is 32.1 Å². The third kappa shape index (κ3) is 4.77. The second kappa shape index (κ2) is 8.88. The van der Waals surface area contributed by atoms with Gasteiger partial charge in [0.25, 0.3) is 0 Å². The summed E-state index contributed by atoms with van der Waals surface area (Å²) in [6.45, 7) is 9.70. The Balaban J connectivity index is 2.35. The summed E-state index contributed by atoms with van der Waals surface area (Å²) < 4.78 is 0. The first-order valence-corrected chi connectivity index (χ1v) is 8.06. The second-order valence-corrected chi connectivity index (χ2v) is 5.47. The average Bonchev–Trinajstić information content (AvgIpc) is 2.59. The van der Waals surface area contributed by atoms with Crippen LogP contribution in [0.25, 0.3) is 0 Å². The first-order valence-electron chi connectivity index (χ1n) is 8.06. The van der Waals surface area contributed by atoms with Crippen molar-refractivity contribution in [3.8, 4) is 0 Å². The lowest BCUT2D eigenvalue weighted by molar-refractivity contribution is 0.284. The molecule has 122 valence electrons. The molecule has 0 spiro atoms. The van der Waals surface area contributed by atoms with Crippen LogP contribution in [0.3, 0.4) is 0 Å². The molecule has 0 amide bonds. The number of aryl methyl sites for hydroxylation is 1. The molecule has 0 aliphatic carbocycles. The minimum absolute atomic E-state index is 0.807. The van der Waals surface area contributed by atoms with Gasteiger partial charge in [-0.25, -0.2) is 4.99 Å². The topological polar surface area (TPSA) is 52.9 Å². The van der Waals surface area contributed by atoms with Crippen molar-refractivity contribution in [2.45, 2.75) is 33.1 Å². The molecule has 0 radical (unpaired) electrons. The SMILES string of the molecule is C=N/C(=C/C(=N\N/C=C\C)c1cccnc1C)N1CCCCC1. The molecular weight excluding hydrogens is 286 g/mol.